The van der Waals surface area contributed by atoms with Crippen molar-refractivity contribution in [3.63, 3.8) is 0 Å². The maximum absolute atomic E-state index is 13.2. The summed E-state index contributed by atoms with van der Waals surface area (Å²) in [5, 5.41) is 0. The van der Waals surface area contributed by atoms with E-state index >= 15 is 0 Å². The smallest absolute Gasteiger partial charge is 0.207 e. The molecule has 1 unspecified atom stereocenters. The molecule has 1 aliphatic heterocycles. The Labute approximate surface area is 151 Å². The van der Waals surface area contributed by atoms with Crippen LogP contribution in [0.25, 0.3) is 0 Å². The van der Waals surface area contributed by atoms with Crippen molar-refractivity contribution in [3.05, 3.63) is 65.2 Å². The average Bonchev–Trinajstić information content (AvgIpc) is 2.61. The molecule has 0 N–H and O–H groups in total. The summed E-state index contributed by atoms with van der Waals surface area (Å²) < 4.78 is 28.0. The number of benzene rings is 2. The molecule has 3 rings (SSSR count). The predicted octanol–water partition coefficient (Wildman–Crippen LogP) is 4.58. The first-order chi connectivity index (χ1) is 11.9. The lowest BCUT2D eigenvalue weighted by molar-refractivity contribution is 0.329. The van der Waals surface area contributed by atoms with Gasteiger partial charge in [0.2, 0.25) is 10.0 Å². The Hall–Kier alpha value is -1.65. The quantitative estimate of drug-likeness (QED) is 0.785. The van der Waals surface area contributed by atoms with E-state index in [1.807, 2.05) is 18.2 Å². The summed E-state index contributed by atoms with van der Waals surface area (Å²) in [4.78, 5) is 0.396. The Kier molecular flexibility index (Phi) is 5.30. The van der Waals surface area contributed by atoms with Crippen LogP contribution in [0, 0.1) is 5.92 Å². The van der Waals surface area contributed by atoms with E-state index in [9.17, 15) is 8.42 Å². The molecule has 134 valence electrons. The van der Waals surface area contributed by atoms with Crippen LogP contribution in [0.3, 0.4) is 0 Å². The number of hydrogen-bond donors (Lipinski definition) is 0. The normalized spacial score (nSPS) is 18.3. The topological polar surface area (TPSA) is 37.4 Å². The molecule has 0 aliphatic carbocycles. The van der Waals surface area contributed by atoms with Crippen molar-refractivity contribution in [3.8, 4) is 0 Å². The minimum atomic E-state index is -3.47. The van der Waals surface area contributed by atoms with E-state index in [-0.39, 0.29) is 5.92 Å². The lowest BCUT2D eigenvalue weighted by Gasteiger charge is -2.34. The molecular weight excluding hydrogens is 330 g/mol. The first kappa shape index (κ1) is 18.2. The highest BCUT2D eigenvalue weighted by atomic mass is 32.2. The minimum Gasteiger partial charge on any atom is -0.207 e. The molecule has 2 aromatic carbocycles. The zero-order valence-corrected chi connectivity index (χ0v) is 16.1. The highest BCUT2D eigenvalue weighted by Crippen LogP contribution is 2.35. The highest BCUT2D eigenvalue weighted by molar-refractivity contribution is 7.89. The number of sulfonamides is 1. The van der Waals surface area contributed by atoms with Gasteiger partial charge in [-0.15, -0.1) is 0 Å². The summed E-state index contributed by atoms with van der Waals surface area (Å²) >= 11 is 0. The van der Waals surface area contributed by atoms with Crippen molar-refractivity contribution >= 4 is 10.0 Å². The third-order valence-corrected chi connectivity index (χ3v) is 6.82. The van der Waals surface area contributed by atoms with Gasteiger partial charge in [0.25, 0.3) is 0 Å². The number of fused-ring (bicyclic) bond motifs is 1. The third-order valence-electron chi connectivity index (χ3n) is 4.99. The fraction of sp³-hybridized carbons (Fsp3) is 0.429. The van der Waals surface area contributed by atoms with Crippen molar-refractivity contribution in [2.75, 3.05) is 6.54 Å². The van der Waals surface area contributed by atoms with Crippen LogP contribution in [0.1, 0.15) is 49.8 Å². The molecule has 3 nitrogen and oxygen atoms in total. The second kappa shape index (κ2) is 7.30. The van der Waals surface area contributed by atoms with Crippen molar-refractivity contribution < 1.29 is 8.42 Å². The molecule has 0 saturated heterocycles. The molecule has 0 saturated carbocycles. The van der Waals surface area contributed by atoms with Gasteiger partial charge in [-0.05, 0) is 53.5 Å². The Morgan fingerprint density at radius 1 is 1.08 bits per heavy atom. The lowest BCUT2D eigenvalue weighted by atomic mass is 9.85. The van der Waals surface area contributed by atoms with E-state index in [4.69, 9.17) is 0 Å². The molecule has 0 fully saturated rings. The van der Waals surface area contributed by atoms with Crippen LogP contribution in [0.15, 0.2) is 53.4 Å². The Morgan fingerprint density at radius 2 is 1.76 bits per heavy atom. The van der Waals surface area contributed by atoms with Crippen LogP contribution < -0.4 is 0 Å². The fourth-order valence-electron chi connectivity index (χ4n) is 3.68. The first-order valence-corrected chi connectivity index (χ1v) is 10.5. The number of nitrogens with zero attached hydrogens (tertiary/aromatic N) is 1. The van der Waals surface area contributed by atoms with E-state index in [1.54, 1.807) is 16.4 Å². The van der Waals surface area contributed by atoms with E-state index < -0.39 is 10.0 Å². The Bertz CT molecular complexity index is 825. The van der Waals surface area contributed by atoms with Crippen LogP contribution in [-0.2, 0) is 23.0 Å². The third kappa shape index (κ3) is 3.80. The first-order valence-electron chi connectivity index (χ1n) is 9.08. The molecule has 0 radical (unpaired) electrons. The molecule has 1 heterocycles. The monoisotopic (exact) mass is 357 g/mol. The molecule has 2 aromatic rings. The summed E-state index contributed by atoms with van der Waals surface area (Å²) in [6.07, 6.45) is 1.91. The number of aryl methyl sites for hydroxylation is 1. The van der Waals surface area contributed by atoms with Crippen molar-refractivity contribution in [1.82, 2.24) is 4.31 Å². The van der Waals surface area contributed by atoms with Crippen LogP contribution in [0.5, 0.6) is 0 Å². The van der Waals surface area contributed by atoms with Crippen molar-refractivity contribution in [1.29, 1.82) is 0 Å². The largest absolute Gasteiger partial charge is 0.243 e. The molecule has 1 aliphatic rings. The van der Waals surface area contributed by atoms with Gasteiger partial charge in [0, 0.05) is 13.1 Å². The fourth-order valence-corrected chi connectivity index (χ4v) is 5.14. The van der Waals surface area contributed by atoms with Gasteiger partial charge in [-0.2, -0.15) is 4.31 Å². The van der Waals surface area contributed by atoms with E-state index in [1.165, 1.54) is 5.56 Å². The molecule has 0 bridgehead atoms. The molecule has 1 atom stereocenters. The SMILES string of the molecule is CCc1ccc(S(=O)(=O)N2Cc3ccccc3C(CC(C)C)C2)cc1. The molecule has 4 heteroatoms. The predicted molar refractivity (Wildman–Crippen MR) is 102 cm³/mol. The standard InChI is InChI=1S/C21H27NO2S/c1-4-17-9-11-20(12-10-17)25(23,24)22-14-18-7-5-6-8-21(18)19(15-22)13-16(2)3/h5-12,16,19H,4,13-15H2,1-3H3. The zero-order valence-electron chi connectivity index (χ0n) is 15.3. The minimum absolute atomic E-state index is 0.259. The number of hydrogen-bond acceptors (Lipinski definition) is 2. The van der Waals surface area contributed by atoms with Gasteiger partial charge in [-0.1, -0.05) is 57.2 Å². The van der Waals surface area contributed by atoms with Crippen molar-refractivity contribution in [2.45, 2.75) is 51.0 Å². The molecular formula is C21H27NO2S. The average molecular weight is 358 g/mol. The van der Waals surface area contributed by atoms with Gasteiger partial charge in [0.1, 0.15) is 0 Å². The van der Waals surface area contributed by atoms with Crippen LogP contribution in [0.2, 0.25) is 0 Å². The number of rotatable bonds is 5. The second-order valence-electron chi connectivity index (χ2n) is 7.32. The zero-order chi connectivity index (χ0) is 18.0. The maximum atomic E-state index is 13.2. The molecule has 0 spiro atoms. The van der Waals surface area contributed by atoms with Gasteiger partial charge in [0.15, 0.2) is 0 Å². The second-order valence-corrected chi connectivity index (χ2v) is 9.26. The summed E-state index contributed by atoms with van der Waals surface area (Å²) in [6, 6.07) is 15.6. The van der Waals surface area contributed by atoms with Gasteiger partial charge in [-0.25, -0.2) is 8.42 Å². The van der Waals surface area contributed by atoms with Crippen LogP contribution in [0.4, 0.5) is 0 Å². The van der Waals surface area contributed by atoms with E-state index in [0.29, 0.717) is 23.9 Å². The van der Waals surface area contributed by atoms with Gasteiger partial charge >= 0.3 is 0 Å². The maximum Gasteiger partial charge on any atom is 0.243 e. The Balaban J connectivity index is 1.94. The van der Waals surface area contributed by atoms with Crippen LogP contribution >= 0.6 is 0 Å². The Morgan fingerprint density at radius 3 is 2.40 bits per heavy atom. The van der Waals surface area contributed by atoms with Gasteiger partial charge in [0.05, 0.1) is 4.90 Å². The van der Waals surface area contributed by atoms with Crippen LogP contribution in [-0.4, -0.2) is 19.3 Å². The van der Waals surface area contributed by atoms with E-state index in [0.717, 1.165) is 24.0 Å². The molecule has 0 amide bonds. The lowest BCUT2D eigenvalue weighted by Crippen LogP contribution is -2.38. The van der Waals surface area contributed by atoms with Gasteiger partial charge < -0.3 is 0 Å². The highest BCUT2D eigenvalue weighted by Gasteiger charge is 2.33. The molecule has 25 heavy (non-hydrogen) atoms. The summed E-state index contributed by atoms with van der Waals surface area (Å²) in [6.45, 7) is 7.48. The summed E-state index contributed by atoms with van der Waals surface area (Å²) in [7, 11) is -3.47. The summed E-state index contributed by atoms with van der Waals surface area (Å²) in [5.74, 6) is 0.791. The molecule has 0 aromatic heterocycles. The summed E-state index contributed by atoms with van der Waals surface area (Å²) in [5.41, 5.74) is 3.60. The van der Waals surface area contributed by atoms with E-state index in [2.05, 4.69) is 39.0 Å². The van der Waals surface area contributed by atoms with Crippen molar-refractivity contribution in [2.24, 2.45) is 5.92 Å². The van der Waals surface area contributed by atoms with Gasteiger partial charge in [-0.3, -0.25) is 0 Å².